The van der Waals surface area contributed by atoms with Crippen molar-refractivity contribution in [3.8, 4) is 5.75 Å². The molecule has 1 fully saturated rings. The molecule has 0 radical (unpaired) electrons. The van der Waals surface area contributed by atoms with Crippen molar-refractivity contribution < 1.29 is 14.9 Å². The lowest BCUT2D eigenvalue weighted by molar-refractivity contribution is 0.00142. The molecule has 0 amide bonds. The highest BCUT2D eigenvalue weighted by molar-refractivity contribution is 6.32. The fourth-order valence-electron chi connectivity index (χ4n) is 2.28. The lowest BCUT2D eigenvalue weighted by atomic mass is 10.0. The van der Waals surface area contributed by atoms with Gasteiger partial charge in [0.1, 0.15) is 12.4 Å². The van der Waals surface area contributed by atoms with Crippen LogP contribution in [0.4, 0.5) is 0 Å². The van der Waals surface area contributed by atoms with Crippen LogP contribution in [0.25, 0.3) is 0 Å². The molecular weight excluding hydrogens is 252 g/mol. The third kappa shape index (κ3) is 3.16. The lowest BCUT2D eigenvalue weighted by Gasteiger charge is -2.22. The summed E-state index contributed by atoms with van der Waals surface area (Å²) in [6.45, 7) is 1.97. The number of aliphatic hydroxyl groups is 2. The van der Waals surface area contributed by atoms with Crippen molar-refractivity contribution in [2.45, 2.75) is 44.3 Å². The van der Waals surface area contributed by atoms with E-state index in [4.69, 9.17) is 16.3 Å². The lowest BCUT2D eigenvalue weighted by Crippen LogP contribution is -2.32. The van der Waals surface area contributed by atoms with Gasteiger partial charge in [-0.25, -0.2) is 0 Å². The maximum atomic E-state index is 10.2. The number of ether oxygens (including phenoxy) is 1. The molecule has 1 unspecified atom stereocenters. The Kier molecular flexibility index (Phi) is 4.15. The van der Waals surface area contributed by atoms with Crippen molar-refractivity contribution in [2.75, 3.05) is 6.61 Å². The van der Waals surface area contributed by atoms with Crippen LogP contribution < -0.4 is 4.74 Å². The van der Waals surface area contributed by atoms with Gasteiger partial charge >= 0.3 is 0 Å². The molecule has 0 spiro atoms. The Morgan fingerprint density at radius 2 is 2.06 bits per heavy atom. The molecule has 2 rings (SSSR count). The molecule has 18 heavy (non-hydrogen) atoms. The quantitative estimate of drug-likeness (QED) is 0.884. The molecule has 1 atom stereocenters. The van der Waals surface area contributed by atoms with E-state index in [1.54, 1.807) is 25.1 Å². The van der Waals surface area contributed by atoms with Gasteiger partial charge in [-0.15, -0.1) is 0 Å². The average Bonchev–Trinajstić information content (AvgIpc) is 2.75. The largest absolute Gasteiger partial charge is 0.489 e. The molecule has 0 saturated heterocycles. The summed E-state index contributed by atoms with van der Waals surface area (Å²) in [5.41, 5.74) is 0.0543. The predicted molar refractivity (Wildman–Crippen MR) is 71.0 cm³/mol. The second-order valence-corrected chi connectivity index (χ2v) is 5.49. The zero-order chi connectivity index (χ0) is 13.2. The molecule has 2 N–H and O–H groups in total. The summed E-state index contributed by atoms with van der Waals surface area (Å²) in [5.74, 6) is 0.557. The first-order chi connectivity index (χ1) is 8.50. The van der Waals surface area contributed by atoms with Crippen molar-refractivity contribution in [3.63, 3.8) is 0 Å². The molecule has 0 heterocycles. The van der Waals surface area contributed by atoms with E-state index in [9.17, 15) is 10.2 Å². The third-order valence-corrected chi connectivity index (χ3v) is 3.76. The van der Waals surface area contributed by atoms with Gasteiger partial charge in [0.2, 0.25) is 0 Å². The van der Waals surface area contributed by atoms with Crippen LogP contribution in [0, 0.1) is 0 Å². The number of rotatable bonds is 4. The predicted octanol–water partition coefficient (Wildman–Crippen LogP) is 3.08. The minimum Gasteiger partial charge on any atom is -0.489 e. The average molecular weight is 271 g/mol. The van der Waals surface area contributed by atoms with Crippen molar-refractivity contribution in [3.05, 3.63) is 28.8 Å². The van der Waals surface area contributed by atoms with E-state index < -0.39 is 11.7 Å². The Balaban J connectivity index is 2.01. The highest BCUT2D eigenvalue weighted by Gasteiger charge is 2.32. The Hall–Kier alpha value is -0.770. The van der Waals surface area contributed by atoms with E-state index in [2.05, 4.69) is 0 Å². The monoisotopic (exact) mass is 270 g/mol. The van der Waals surface area contributed by atoms with Gasteiger partial charge in [-0.3, -0.25) is 0 Å². The van der Waals surface area contributed by atoms with Gasteiger partial charge in [0.15, 0.2) is 0 Å². The van der Waals surface area contributed by atoms with Crippen LogP contribution in [0.1, 0.15) is 44.3 Å². The van der Waals surface area contributed by atoms with E-state index in [-0.39, 0.29) is 6.61 Å². The molecule has 1 aromatic carbocycles. The Labute approximate surface area is 112 Å². The Bertz CT molecular complexity index is 412. The van der Waals surface area contributed by atoms with Crippen LogP contribution in [0.15, 0.2) is 18.2 Å². The summed E-state index contributed by atoms with van der Waals surface area (Å²) in [6.07, 6.45) is 3.13. The maximum Gasteiger partial charge on any atom is 0.138 e. The molecule has 0 bridgehead atoms. The van der Waals surface area contributed by atoms with Gasteiger partial charge in [-0.1, -0.05) is 30.5 Å². The number of hydrogen-bond donors (Lipinski definition) is 2. The van der Waals surface area contributed by atoms with Gasteiger partial charge in [-0.2, -0.15) is 0 Å². The molecule has 1 aliphatic carbocycles. The molecule has 1 aromatic rings. The van der Waals surface area contributed by atoms with Crippen molar-refractivity contribution in [1.29, 1.82) is 0 Å². The summed E-state index contributed by atoms with van der Waals surface area (Å²) in [5, 5.41) is 20.1. The van der Waals surface area contributed by atoms with E-state index in [0.717, 1.165) is 31.2 Å². The fraction of sp³-hybridized carbons (Fsp3) is 0.571. The highest BCUT2D eigenvalue weighted by Crippen LogP contribution is 2.32. The van der Waals surface area contributed by atoms with E-state index in [1.165, 1.54) is 0 Å². The number of halogens is 1. The van der Waals surface area contributed by atoms with Gasteiger partial charge in [0.25, 0.3) is 0 Å². The van der Waals surface area contributed by atoms with Crippen LogP contribution in [0.3, 0.4) is 0 Å². The second kappa shape index (κ2) is 5.47. The zero-order valence-electron chi connectivity index (χ0n) is 10.5. The van der Waals surface area contributed by atoms with E-state index in [0.29, 0.717) is 10.8 Å². The number of hydrogen-bond acceptors (Lipinski definition) is 3. The molecular formula is C14H19ClO3. The molecule has 1 saturated carbocycles. The standard InChI is InChI=1S/C14H19ClO3/c1-10(16)11-4-5-13(12(15)8-11)18-9-14(17)6-2-3-7-14/h4-5,8,10,16-17H,2-3,6-7,9H2,1H3. The van der Waals surface area contributed by atoms with Crippen LogP contribution in [-0.2, 0) is 0 Å². The topological polar surface area (TPSA) is 49.7 Å². The van der Waals surface area contributed by atoms with E-state index >= 15 is 0 Å². The van der Waals surface area contributed by atoms with Gasteiger partial charge < -0.3 is 14.9 Å². The first-order valence-electron chi connectivity index (χ1n) is 6.33. The zero-order valence-corrected chi connectivity index (χ0v) is 11.3. The first-order valence-corrected chi connectivity index (χ1v) is 6.71. The number of benzene rings is 1. The number of aliphatic hydroxyl groups excluding tert-OH is 1. The molecule has 100 valence electrons. The van der Waals surface area contributed by atoms with Crippen LogP contribution in [0.5, 0.6) is 5.75 Å². The molecule has 0 aliphatic heterocycles. The summed E-state index contributed by atoms with van der Waals surface area (Å²) in [4.78, 5) is 0. The van der Waals surface area contributed by atoms with Crippen LogP contribution in [0.2, 0.25) is 5.02 Å². The van der Waals surface area contributed by atoms with Crippen molar-refractivity contribution in [1.82, 2.24) is 0 Å². The van der Waals surface area contributed by atoms with Gasteiger partial charge in [0.05, 0.1) is 16.7 Å². The fourth-order valence-corrected chi connectivity index (χ4v) is 2.53. The first kappa shape index (κ1) is 13.7. The summed E-state index contributed by atoms with van der Waals surface area (Å²) >= 11 is 6.09. The molecule has 4 heteroatoms. The summed E-state index contributed by atoms with van der Waals surface area (Å²) in [7, 11) is 0. The highest BCUT2D eigenvalue weighted by atomic mass is 35.5. The minimum atomic E-state index is -0.702. The molecule has 1 aliphatic rings. The van der Waals surface area contributed by atoms with Crippen LogP contribution in [-0.4, -0.2) is 22.4 Å². The Morgan fingerprint density at radius 3 is 2.61 bits per heavy atom. The van der Waals surface area contributed by atoms with Gasteiger partial charge in [0, 0.05) is 0 Å². The second-order valence-electron chi connectivity index (χ2n) is 5.09. The summed E-state index contributed by atoms with van der Waals surface area (Å²) < 4.78 is 5.59. The third-order valence-electron chi connectivity index (χ3n) is 3.47. The summed E-state index contributed by atoms with van der Waals surface area (Å²) in [6, 6.07) is 5.22. The molecule has 0 aromatic heterocycles. The Morgan fingerprint density at radius 1 is 1.39 bits per heavy atom. The van der Waals surface area contributed by atoms with Crippen LogP contribution >= 0.6 is 11.6 Å². The van der Waals surface area contributed by atoms with Crippen molar-refractivity contribution in [2.24, 2.45) is 0 Å². The minimum absolute atomic E-state index is 0.279. The smallest absolute Gasteiger partial charge is 0.138 e. The van der Waals surface area contributed by atoms with Gasteiger partial charge in [-0.05, 0) is 37.5 Å². The normalized spacial score (nSPS) is 19.8. The van der Waals surface area contributed by atoms with E-state index in [1.807, 2.05) is 0 Å². The SMILES string of the molecule is CC(O)c1ccc(OCC2(O)CCCC2)c(Cl)c1. The molecule has 3 nitrogen and oxygen atoms in total. The maximum absolute atomic E-state index is 10.2. The van der Waals surface area contributed by atoms with Crippen molar-refractivity contribution >= 4 is 11.6 Å².